The number of pyridine rings is 1. The first-order chi connectivity index (χ1) is 16.5. The Hall–Kier alpha value is -3.39. The molecule has 180 valence electrons. The van der Waals surface area contributed by atoms with E-state index in [9.17, 15) is 9.59 Å². The molecule has 1 aromatic carbocycles. The fourth-order valence-electron chi connectivity index (χ4n) is 4.17. The second-order valence-corrected chi connectivity index (χ2v) is 8.98. The van der Waals surface area contributed by atoms with Crippen LogP contribution in [0, 0.1) is 5.92 Å². The number of benzene rings is 1. The number of hydrogen-bond donors (Lipinski definition) is 2. The van der Waals surface area contributed by atoms with Crippen molar-refractivity contribution in [3.63, 3.8) is 0 Å². The zero-order chi connectivity index (χ0) is 24.1. The third-order valence-electron chi connectivity index (χ3n) is 5.98. The Kier molecular flexibility index (Phi) is 7.47. The summed E-state index contributed by atoms with van der Waals surface area (Å²) in [6.07, 6.45) is 3.74. The summed E-state index contributed by atoms with van der Waals surface area (Å²) in [6.45, 7) is 6.12. The first-order valence-electron chi connectivity index (χ1n) is 11.8. The van der Waals surface area contributed by atoms with Gasteiger partial charge in [-0.15, -0.1) is 0 Å². The number of ether oxygens (including phenoxy) is 2. The minimum absolute atomic E-state index is 0.263. The van der Waals surface area contributed by atoms with Gasteiger partial charge in [-0.1, -0.05) is 44.2 Å². The van der Waals surface area contributed by atoms with Crippen LogP contribution in [0.5, 0.6) is 0 Å². The van der Waals surface area contributed by atoms with Gasteiger partial charge in [-0.25, -0.2) is 9.78 Å². The van der Waals surface area contributed by atoms with Crippen LogP contribution < -0.4 is 10.6 Å². The molecule has 3 aromatic rings. The van der Waals surface area contributed by atoms with Gasteiger partial charge < -0.3 is 24.7 Å². The van der Waals surface area contributed by atoms with E-state index in [4.69, 9.17) is 9.47 Å². The van der Waals surface area contributed by atoms with Crippen molar-refractivity contribution in [2.45, 2.75) is 45.8 Å². The number of fused-ring (bicyclic) bond motifs is 1. The lowest BCUT2D eigenvalue weighted by Crippen LogP contribution is -2.28. The molecule has 8 heteroatoms. The van der Waals surface area contributed by atoms with Crippen LogP contribution in [0.4, 0.5) is 11.4 Å². The normalized spacial score (nSPS) is 15.6. The van der Waals surface area contributed by atoms with Gasteiger partial charge in [-0.2, -0.15) is 0 Å². The van der Waals surface area contributed by atoms with Crippen LogP contribution >= 0.6 is 0 Å². The van der Waals surface area contributed by atoms with Crippen molar-refractivity contribution in [3.8, 4) is 0 Å². The Morgan fingerprint density at radius 3 is 2.74 bits per heavy atom. The maximum atomic E-state index is 13.0. The van der Waals surface area contributed by atoms with Crippen molar-refractivity contribution in [1.82, 2.24) is 9.55 Å². The molecule has 0 bridgehead atoms. The van der Waals surface area contributed by atoms with Crippen molar-refractivity contribution in [1.29, 1.82) is 0 Å². The molecular formula is C26H32N4O4. The van der Waals surface area contributed by atoms with Crippen molar-refractivity contribution >= 4 is 34.3 Å². The molecule has 0 aliphatic carbocycles. The molecule has 2 N–H and O–H groups in total. The fraction of sp³-hybridized carbons (Fsp3) is 0.423. The number of nitrogens with zero attached hydrogens (tertiary/aromatic N) is 2. The summed E-state index contributed by atoms with van der Waals surface area (Å²) < 4.78 is 12.5. The molecule has 1 fully saturated rings. The van der Waals surface area contributed by atoms with E-state index in [-0.39, 0.29) is 11.6 Å². The third kappa shape index (κ3) is 5.22. The minimum Gasteiger partial charge on any atom is -0.464 e. The number of methoxy groups -OCH3 is 1. The van der Waals surface area contributed by atoms with E-state index >= 15 is 0 Å². The summed E-state index contributed by atoms with van der Waals surface area (Å²) in [4.78, 5) is 30.7. The highest BCUT2D eigenvalue weighted by Crippen LogP contribution is 2.34. The van der Waals surface area contributed by atoms with Gasteiger partial charge in [-0.3, -0.25) is 4.79 Å². The molecule has 1 aliphatic heterocycles. The van der Waals surface area contributed by atoms with Crippen molar-refractivity contribution < 1.29 is 19.1 Å². The van der Waals surface area contributed by atoms with E-state index in [1.165, 1.54) is 7.11 Å². The van der Waals surface area contributed by atoms with E-state index < -0.39 is 12.1 Å². The largest absolute Gasteiger partial charge is 0.464 e. The topological polar surface area (TPSA) is 94.5 Å². The number of carbonyl (C=O) groups is 2. The highest BCUT2D eigenvalue weighted by molar-refractivity contribution is 6.12. The Labute approximate surface area is 199 Å². The number of aromatic nitrogens is 2. The van der Waals surface area contributed by atoms with Crippen molar-refractivity contribution in [2.24, 2.45) is 5.92 Å². The Morgan fingerprint density at radius 1 is 1.26 bits per heavy atom. The molecule has 34 heavy (non-hydrogen) atoms. The number of esters is 1. The van der Waals surface area contributed by atoms with Crippen molar-refractivity contribution in [3.05, 3.63) is 53.9 Å². The molecule has 0 radical (unpaired) electrons. The van der Waals surface area contributed by atoms with Crippen LogP contribution in [-0.2, 0) is 20.8 Å². The SMILES string of the molecule is COC(=O)c1c(NC(=O)C2CCCO2)c2cc(NCCC(C)C)cnc2n1Cc1ccccc1. The number of amides is 1. The number of hydrogen-bond acceptors (Lipinski definition) is 6. The second kappa shape index (κ2) is 10.7. The minimum atomic E-state index is -0.536. The molecule has 2 aromatic heterocycles. The van der Waals surface area contributed by atoms with E-state index in [1.807, 2.05) is 36.4 Å². The van der Waals surface area contributed by atoms with Gasteiger partial charge in [0.1, 0.15) is 11.8 Å². The highest BCUT2D eigenvalue weighted by atomic mass is 16.5. The van der Waals surface area contributed by atoms with Crippen LogP contribution in [-0.4, -0.2) is 47.8 Å². The lowest BCUT2D eigenvalue weighted by molar-refractivity contribution is -0.124. The quantitative estimate of drug-likeness (QED) is 0.455. The second-order valence-electron chi connectivity index (χ2n) is 8.98. The first-order valence-corrected chi connectivity index (χ1v) is 11.8. The lowest BCUT2D eigenvalue weighted by Gasteiger charge is -2.13. The zero-order valence-corrected chi connectivity index (χ0v) is 20.0. The standard InChI is InChI=1S/C26H32N4O4/c1-17(2)11-12-27-19-14-20-22(29-25(31)21-10-7-13-34-21)23(26(32)33-3)30(24(20)28-15-19)16-18-8-5-4-6-9-18/h4-6,8-9,14-15,17,21,27H,7,10-13,16H2,1-3H3,(H,29,31). The summed E-state index contributed by atoms with van der Waals surface area (Å²) in [5.74, 6) is -0.228. The molecule has 3 heterocycles. The van der Waals surface area contributed by atoms with E-state index in [0.717, 1.165) is 30.6 Å². The van der Waals surface area contributed by atoms with Crippen LogP contribution in [0.1, 0.15) is 49.2 Å². The maximum absolute atomic E-state index is 13.0. The lowest BCUT2D eigenvalue weighted by atomic mass is 10.1. The predicted octanol–water partition coefficient (Wildman–Crippen LogP) is 4.45. The number of carbonyl (C=O) groups excluding carboxylic acids is 2. The smallest absolute Gasteiger partial charge is 0.356 e. The molecule has 1 amide bonds. The summed E-state index contributed by atoms with van der Waals surface area (Å²) in [7, 11) is 1.34. The van der Waals surface area contributed by atoms with Gasteiger partial charge in [0.15, 0.2) is 5.69 Å². The van der Waals surface area contributed by atoms with E-state index in [2.05, 4.69) is 29.5 Å². The summed E-state index contributed by atoms with van der Waals surface area (Å²) in [5, 5.41) is 7.04. The van der Waals surface area contributed by atoms with Gasteiger partial charge in [0.25, 0.3) is 5.91 Å². The molecule has 0 saturated carbocycles. The van der Waals surface area contributed by atoms with Gasteiger partial charge in [0, 0.05) is 25.1 Å². The zero-order valence-electron chi connectivity index (χ0n) is 20.0. The third-order valence-corrected chi connectivity index (χ3v) is 5.98. The van der Waals surface area contributed by atoms with Crippen molar-refractivity contribution in [2.75, 3.05) is 30.9 Å². The molecule has 0 spiro atoms. The van der Waals surface area contributed by atoms with Gasteiger partial charge in [-0.05, 0) is 36.8 Å². The van der Waals surface area contributed by atoms with Crippen LogP contribution in [0.25, 0.3) is 11.0 Å². The molecule has 8 nitrogen and oxygen atoms in total. The van der Waals surface area contributed by atoms with Crippen LogP contribution in [0.3, 0.4) is 0 Å². The Balaban J connectivity index is 1.80. The maximum Gasteiger partial charge on any atom is 0.356 e. The predicted molar refractivity (Wildman–Crippen MR) is 132 cm³/mol. The average Bonchev–Trinajstić information content (AvgIpc) is 3.47. The van der Waals surface area contributed by atoms with Gasteiger partial charge in [0.05, 0.1) is 24.7 Å². The molecule has 4 rings (SSSR count). The number of rotatable bonds is 9. The van der Waals surface area contributed by atoms with E-state index in [0.29, 0.717) is 42.2 Å². The summed E-state index contributed by atoms with van der Waals surface area (Å²) in [6, 6.07) is 11.7. The summed E-state index contributed by atoms with van der Waals surface area (Å²) in [5.41, 5.74) is 3.09. The average molecular weight is 465 g/mol. The highest BCUT2D eigenvalue weighted by Gasteiger charge is 2.30. The first kappa shape index (κ1) is 23.8. The van der Waals surface area contributed by atoms with E-state index in [1.54, 1.807) is 10.8 Å². The van der Waals surface area contributed by atoms with Crippen LogP contribution in [0.2, 0.25) is 0 Å². The molecule has 1 atom stereocenters. The molecular weight excluding hydrogens is 432 g/mol. The monoisotopic (exact) mass is 464 g/mol. The Morgan fingerprint density at radius 2 is 2.06 bits per heavy atom. The number of nitrogens with one attached hydrogen (secondary N) is 2. The number of anilines is 2. The molecule has 1 unspecified atom stereocenters. The van der Waals surface area contributed by atoms with Gasteiger partial charge >= 0.3 is 5.97 Å². The van der Waals surface area contributed by atoms with Crippen LogP contribution in [0.15, 0.2) is 42.6 Å². The Bertz CT molecular complexity index is 1150. The fourth-order valence-corrected chi connectivity index (χ4v) is 4.17. The molecule has 1 aliphatic rings. The summed E-state index contributed by atoms with van der Waals surface area (Å²) >= 11 is 0. The van der Waals surface area contributed by atoms with Gasteiger partial charge in [0.2, 0.25) is 0 Å². The molecule has 1 saturated heterocycles.